The monoisotopic (exact) mass is 1830 g/mol. The van der Waals surface area contributed by atoms with E-state index >= 15 is 0 Å². The minimum atomic E-state index is -0.434. The van der Waals surface area contributed by atoms with E-state index in [1.807, 2.05) is 50.2 Å². The Morgan fingerprint density at radius 3 is 0.977 bits per heavy atom. The van der Waals surface area contributed by atoms with Crippen molar-refractivity contribution in [2.24, 2.45) is 0 Å². The molecule has 33 nitrogen and oxygen atoms in total. The molecule has 0 fully saturated rings. The molecular weight excluding hydrogens is 1690 g/mol. The zero-order chi connectivity index (χ0) is 97.2. The number of aryl methyl sites for hydroxylation is 2. The molecule has 6 atom stereocenters. The second-order valence-electron chi connectivity index (χ2n) is 36.1. The van der Waals surface area contributed by atoms with Gasteiger partial charge in [0.1, 0.15) is 56.3 Å². The Bertz CT molecular complexity index is 5640. The highest BCUT2D eigenvalue weighted by Crippen LogP contribution is 2.36. The Labute approximate surface area is 782 Å². The van der Waals surface area contributed by atoms with Crippen LogP contribution in [0.1, 0.15) is 303 Å². The Balaban J connectivity index is 0.000000217. The number of unbranched alkanes of at least 4 members (excludes halogenated alkanes) is 5. The van der Waals surface area contributed by atoms with E-state index in [9.17, 15) is 18.8 Å². The molecule has 714 valence electrons. The van der Waals surface area contributed by atoms with Crippen LogP contribution >= 0.6 is 11.6 Å². The van der Waals surface area contributed by atoms with Crippen molar-refractivity contribution in [3.8, 4) is 0 Å². The van der Waals surface area contributed by atoms with Gasteiger partial charge in [-0.3, -0.25) is 19.9 Å². The third-order valence-electron chi connectivity index (χ3n) is 23.6. The molecule has 12 heterocycles. The zero-order valence-corrected chi connectivity index (χ0v) is 82.2. The number of rotatable bonds is 41. The number of Topliss-reactive ketones (excluding diaryl/α,β-unsaturated/α-hetero) is 3. The highest BCUT2D eigenvalue weighted by molar-refractivity contribution is 6.31. The van der Waals surface area contributed by atoms with Gasteiger partial charge in [-0.2, -0.15) is 29.9 Å². The highest BCUT2D eigenvalue weighted by atomic mass is 35.5. The fourth-order valence-electron chi connectivity index (χ4n) is 15.0. The molecule has 0 aliphatic carbocycles. The van der Waals surface area contributed by atoms with Crippen molar-refractivity contribution in [1.82, 2.24) is 89.7 Å². The fourth-order valence-corrected chi connectivity index (χ4v) is 15.2. The molecule has 132 heavy (non-hydrogen) atoms. The Morgan fingerprint density at radius 1 is 0.326 bits per heavy atom. The van der Waals surface area contributed by atoms with Crippen molar-refractivity contribution < 1.29 is 18.8 Å². The van der Waals surface area contributed by atoms with Crippen molar-refractivity contribution in [2.45, 2.75) is 339 Å². The van der Waals surface area contributed by atoms with Crippen LogP contribution in [0.15, 0.2) is 85.7 Å². The van der Waals surface area contributed by atoms with E-state index in [-0.39, 0.29) is 86.3 Å². The molecule has 0 saturated heterocycles. The van der Waals surface area contributed by atoms with Crippen molar-refractivity contribution in [3.63, 3.8) is 0 Å². The van der Waals surface area contributed by atoms with Crippen LogP contribution in [-0.2, 0) is 14.4 Å². The van der Waals surface area contributed by atoms with E-state index in [1.54, 1.807) is 57.8 Å². The summed E-state index contributed by atoms with van der Waals surface area (Å²) in [5.41, 5.74) is 44.3. The van der Waals surface area contributed by atoms with Crippen molar-refractivity contribution >= 4 is 166 Å². The molecule has 0 amide bonds. The predicted octanol–water partition coefficient (Wildman–Crippen LogP) is 21.2. The zero-order valence-electron chi connectivity index (χ0n) is 81.5. The molecule has 12 aromatic heterocycles. The van der Waals surface area contributed by atoms with Crippen LogP contribution in [0.2, 0.25) is 5.02 Å². The molecule has 12 rings (SSSR count). The lowest BCUT2D eigenvalue weighted by Gasteiger charge is -2.31. The summed E-state index contributed by atoms with van der Waals surface area (Å²) in [4.78, 5) is 112. The van der Waals surface area contributed by atoms with Crippen LogP contribution in [0, 0.1) is 19.7 Å². The standard InChI is InChI=1S/2C18H27N5O.C17H24ClN5O.C15H22FN5.C15H23N5.C14H21N5/c1-5-6-9-18(4,10-7-13(3)24)23-16-15-14(21-17(19)22-16)12(2)8-11-20-15;1-5-6-8-18(4,9-7-13(3)24)23-16-15-14(21-17(19)22-16)10-12(2)11-20-15;1-4-5-7-17(3,8-6-11(2)24)23-15-14-13(21-16(19)22-15)9-12(18)10-20-14;1-4-6-7-15(3,5-2)21-13-12-11(19-14(17)20-13)8-10(16)9-18-12;1-4-6-9-15(3,5-2)20-13-12-11(8-7-10-17-12)18-14(16)19-13;1-4-8-14(3,5-2)19-12-11-10(7-6-9-16-11)17-13(15)18-12/h8,11H,5-7,9-10H2,1-4H3,(H3,19,21,22,23);10-11H,5-9H2,1-4H3,(H3,19,21,22,23);9-10H,4-8H2,1-3H3,(H3,19,21,22,23);8-9H,4-7H2,1-3H3,(H3,17,19,20,21);7-8,10H,4-6,9H2,1-3H3,(H3,16,18,19,20);6-7,9H,4-5,8H2,1-3H3,(H3,15,17,18,19)/t2*18-;17-;2*15-;14-/m000110/s1. The second-order valence-corrected chi connectivity index (χ2v) is 36.6. The normalized spacial score (nSPS) is 13.9. The molecule has 0 unspecified atom stereocenters. The molecular formula is C97H144ClFN30O3. The number of anilines is 12. The summed E-state index contributed by atoms with van der Waals surface area (Å²) >= 11 is 5.99. The van der Waals surface area contributed by atoms with Gasteiger partial charge in [-0.25, -0.2) is 44.3 Å². The smallest absolute Gasteiger partial charge is 0.222 e. The van der Waals surface area contributed by atoms with Gasteiger partial charge < -0.3 is 80.7 Å². The molecule has 18 N–H and O–H groups in total. The predicted molar refractivity (Wildman–Crippen MR) is 540 cm³/mol. The summed E-state index contributed by atoms with van der Waals surface area (Å²) in [5, 5.41) is 21.4. The van der Waals surface area contributed by atoms with Gasteiger partial charge in [0.2, 0.25) is 35.7 Å². The Morgan fingerprint density at radius 2 is 0.621 bits per heavy atom. The first-order chi connectivity index (χ1) is 62.6. The maximum absolute atomic E-state index is 13.3. The van der Waals surface area contributed by atoms with Crippen molar-refractivity contribution in [3.05, 3.63) is 108 Å². The Kier molecular flexibility index (Phi) is 40.8. The van der Waals surface area contributed by atoms with Crippen LogP contribution in [0.3, 0.4) is 0 Å². The summed E-state index contributed by atoms with van der Waals surface area (Å²) in [5.74, 6) is 5.30. The van der Waals surface area contributed by atoms with Crippen molar-refractivity contribution in [1.29, 1.82) is 0 Å². The number of carbonyl (C=O) groups excluding carboxylic acids is 3. The number of hydrogen-bond donors (Lipinski definition) is 12. The van der Waals surface area contributed by atoms with Crippen LogP contribution < -0.4 is 66.3 Å². The summed E-state index contributed by atoms with van der Waals surface area (Å²) in [7, 11) is 0. The minimum absolute atomic E-state index is 0.00000520. The lowest BCUT2D eigenvalue weighted by Crippen LogP contribution is -2.36. The third kappa shape index (κ3) is 32.9. The maximum Gasteiger partial charge on any atom is 0.222 e. The number of fused-ring (bicyclic) bond motifs is 6. The van der Waals surface area contributed by atoms with E-state index in [0.717, 1.165) is 196 Å². The van der Waals surface area contributed by atoms with Gasteiger partial charge in [-0.1, -0.05) is 145 Å². The number of nitrogens with zero attached hydrogens (tertiary/aromatic N) is 18. The molecule has 0 saturated carbocycles. The molecule has 0 radical (unpaired) electrons. The second kappa shape index (κ2) is 50.4. The summed E-state index contributed by atoms with van der Waals surface area (Å²) < 4.78 is 13.3. The average Bonchev–Trinajstić information content (AvgIpc) is 0.790. The number of ketones is 3. The third-order valence-corrected chi connectivity index (χ3v) is 23.8. The number of pyridine rings is 6. The molecule has 35 heteroatoms. The van der Waals surface area contributed by atoms with Gasteiger partial charge in [0.25, 0.3) is 0 Å². The number of carbonyl (C=O) groups is 3. The summed E-state index contributed by atoms with van der Waals surface area (Å²) in [6.07, 6.45) is 34.8. The SMILES string of the molecule is CCCC[C@@](C)(CC)Nc1nc(N)nc2cc(F)cnc12.CCCC[C@@](C)(CC)Nc1nc(N)nc2cccnc12.CCCC[C@@](C)(CCC(C)=O)Nc1nc(N)nc2c(C)ccnc12.CCCC[C@@](C)(CCC(C)=O)Nc1nc(N)nc2cc(C)cnc12.CCCC[C@@](C)(CCC(C)=O)Nc1nc(N)nc2cc(Cl)cnc12.CCC[C@](C)(CC)Nc1nc(N)nc2cccnc12. The molecule has 0 aliphatic heterocycles. The number of nitrogens with one attached hydrogen (secondary N) is 6. The van der Waals surface area contributed by atoms with Gasteiger partial charge in [0, 0.05) is 89.5 Å². The van der Waals surface area contributed by atoms with Crippen LogP contribution in [0.25, 0.3) is 66.2 Å². The van der Waals surface area contributed by atoms with E-state index in [2.05, 4.69) is 225 Å². The molecule has 0 spiro atoms. The number of hydrogen-bond acceptors (Lipinski definition) is 33. The van der Waals surface area contributed by atoms with E-state index in [1.165, 1.54) is 25.1 Å². The topological polar surface area (TPSA) is 512 Å². The highest BCUT2D eigenvalue weighted by Gasteiger charge is 2.32. The van der Waals surface area contributed by atoms with E-state index in [0.29, 0.717) is 75.1 Å². The van der Waals surface area contributed by atoms with Crippen LogP contribution in [0.4, 0.5) is 75.0 Å². The summed E-state index contributed by atoms with van der Waals surface area (Å²) in [6, 6.07) is 14.4. The van der Waals surface area contributed by atoms with Crippen LogP contribution in [0.5, 0.6) is 0 Å². The number of aromatic nitrogens is 18. The van der Waals surface area contributed by atoms with Crippen LogP contribution in [-0.4, -0.2) is 140 Å². The van der Waals surface area contributed by atoms with E-state index in [4.69, 9.17) is 46.0 Å². The van der Waals surface area contributed by atoms with Crippen molar-refractivity contribution in [2.75, 3.05) is 66.3 Å². The van der Waals surface area contributed by atoms with E-state index < -0.39 is 5.82 Å². The summed E-state index contributed by atoms with van der Waals surface area (Å²) in [6.45, 7) is 41.2. The fraction of sp³-hybridized carbons (Fsp3) is 0.536. The number of halogens is 2. The lowest BCUT2D eigenvalue weighted by molar-refractivity contribution is -0.118. The van der Waals surface area contributed by atoms with Gasteiger partial charge in [-0.05, 0) is 207 Å². The van der Waals surface area contributed by atoms with Gasteiger partial charge in [0.05, 0.1) is 44.3 Å². The Hall–Kier alpha value is -12.2. The number of nitrogens with two attached hydrogens (primary N) is 6. The molecule has 0 aliphatic rings. The number of nitrogen functional groups attached to an aromatic ring is 6. The molecule has 12 aromatic rings. The first-order valence-corrected chi connectivity index (χ1v) is 46.9. The van der Waals surface area contributed by atoms with Gasteiger partial charge in [-0.15, -0.1) is 0 Å². The average molecular weight is 1830 g/mol. The van der Waals surface area contributed by atoms with Gasteiger partial charge >= 0.3 is 0 Å². The molecule has 0 aromatic carbocycles. The largest absolute Gasteiger partial charge is 0.368 e. The first-order valence-electron chi connectivity index (χ1n) is 46.5. The van der Waals surface area contributed by atoms with Gasteiger partial charge in [0.15, 0.2) is 34.9 Å². The maximum atomic E-state index is 13.3. The first kappa shape index (κ1) is 107. The quantitative estimate of drug-likeness (QED) is 0.0169. The lowest BCUT2D eigenvalue weighted by atomic mass is 9.89. The minimum Gasteiger partial charge on any atom is -0.368 e. The molecule has 0 bridgehead atoms.